The number of aliphatic hydroxyl groups is 1. The number of pyridine rings is 1. The topological polar surface area (TPSA) is 97.4 Å². The highest BCUT2D eigenvalue weighted by Gasteiger charge is 2.32. The van der Waals surface area contributed by atoms with E-state index in [0.717, 1.165) is 32.8 Å². The number of benzene rings is 2. The van der Waals surface area contributed by atoms with Gasteiger partial charge in [-0.3, -0.25) is 4.90 Å². The molecular formula is C28H30N2O6. The monoisotopic (exact) mass is 490 g/mol. The Morgan fingerprint density at radius 1 is 1.11 bits per heavy atom. The third kappa shape index (κ3) is 4.41. The number of rotatable bonds is 9. The van der Waals surface area contributed by atoms with Crippen molar-refractivity contribution in [1.82, 2.24) is 9.88 Å². The van der Waals surface area contributed by atoms with Crippen LogP contribution in [0.3, 0.4) is 0 Å². The molecule has 6 rings (SSSR count). The number of furan rings is 1. The standard InChI is InChI=1S/C28H30N2O6/c31-17-34-15-20-16-36-28-22-4-2-1-3-21(22)27(32)25(24(20)28)26(30-9-11-33-12-10-30)19-7-8-29-23(13-19)35-14-18-5-6-18/h1-4,7-8,13,16,18,26,31-32H,5-6,9-12,14-15,17H2. The lowest BCUT2D eigenvalue weighted by molar-refractivity contribution is -0.0110. The summed E-state index contributed by atoms with van der Waals surface area (Å²) in [5.41, 5.74) is 3.18. The van der Waals surface area contributed by atoms with Gasteiger partial charge < -0.3 is 28.8 Å². The Kier molecular flexibility index (Phi) is 6.50. The Morgan fingerprint density at radius 2 is 1.92 bits per heavy atom. The summed E-state index contributed by atoms with van der Waals surface area (Å²) in [5, 5.41) is 23.4. The molecule has 2 aromatic heterocycles. The Balaban J connectivity index is 1.55. The molecule has 0 bridgehead atoms. The summed E-state index contributed by atoms with van der Waals surface area (Å²) < 4.78 is 23.1. The first-order valence-electron chi connectivity index (χ1n) is 12.5. The smallest absolute Gasteiger partial charge is 0.213 e. The van der Waals surface area contributed by atoms with Crippen molar-refractivity contribution in [2.45, 2.75) is 25.5 Å². The first-order valence-corrected chi connectivity index (χ1v) is 12.5. The second kappa shape index (κ2) is 10.1. The maximum atomic E-state index is 11.8. The molecule has 1 aliphatic heterocycles. The summed E-state index contributed by atoms with van der Waals surface area (Å²) in [5.74, 6) is 1.42. The number of phenolic OH excluding ortho intramolecular Hbond substituents is 1. The van der Waals surface area contributed by atoms with Gasteiger partial charge in [0, 0.05) is 52.6 Å². The molecule has 0 radical (unpaired) electrons. The third-order valence-electron chi connectivity index (χ3n) is 7.09. The van der Waals surface area contributed by atoms with Gasteiger partial charge in [0.15, 0.2) is 0 Å². The first kappa shape index (κ1) is 23.2. The van der Waals surface area contributed by atoms with E-state index in [-0.39, 0.29) is 18.4 Å². The first-order chi connectivity index (χ1) is 17.7. The van der Waals surface area contributed by atoms with E-state index >= 15 is 0 Å². The normalized spacial score (nSPS) is 17.6. The van der Waals surface area contributed by atoms with E-state index in [2.05, 4.69) is 9.88 Å². The van der Waals surface area contributed by atoms with Gasteiger partial charge in [-0.05, 0) is 30.4 Å². The fourth-order valence-electron chi connectivity index (χ4n) is 5.12. The van der Waals surface area contributed by atoms with E-state index in [1.54, 1.807) is 12.5 Å². The molecule has 1 unspecified atom stereocenters. The van der Waals surface area contributed by atoms with Crippen molar-refractivity contribution in [3.05, 3.63) is 65.5 Å². The van der Waals surface area contributed by atoms with Gasteiger partial charge in [0.1, 0.15) is 18.1 Å². The second-order valence-corrected chi connectivity index (χ2v) is 9.48. The van der Waals surface area contributed by atoms with Gasteiger partial charge in [0.05, 0.1) is 38.7 Å². The quantitative estimate of drug-likeness (QED) is 0.334. The Labute approximate surface area is 209 Å². The molecule has 36 heavy (non-hydrogen) atoms. The molecular weight excluding hydrogens is 460 g/mol. The third-order valence-corrected chi connectivity index (χ3v) is 7.09. The van der Waals surface area contributed by atoms with Gasteiger partial charge in [-0.2, -0.15) is 0 Å². The van der Waals surface area contributed by atoms with Gasteiger partial charge in [-0.1, -0.05) is 24.3 Å². The minimum absolute atomic E-state index is 0.163. The van der Waals surface area contributed by atoms with E-state index in [1.807, 2.05) is 36.4 Å². The van der Waals surface area contributed by atoms with Crippen LogP contribution >= 0.6 is 0 Å². The lowest BCUT2D eigenvalue weighted by atomic mass is 9.89. The van der Waals surface area contributed by atoms with Crippen LogP contribution in [0.1, 0.15) is 35.6 Å². The summed E-state index contributed by atoms with van der Waals surface area (Å²) in [6, 6.07) is 11.4. The van der Waals surface area contributed by atoms with Gasteiger partial charge in [-0.15, -0.1) is 0 Å². The van der Waals surface area contributed by atoms with Crippen LogP contribution in [0.4, 0.5) is 0 Å². The molecule has 2 aliphatic rings. The van der Waals surface area contributed by atoms with Crippen LogP contribution in [-0.4, -0.2) is 59.8 Å². The van der Waals surface area contributed by atoms with Crippen molar-refractivity contribution < 1.29 is 28.8 Å². The van der Waals surface area contributed by atoms with Crippen molar-refractivity contribution in [2.24, 2.45) is 5.92 Å². The number of aliphatic hydroxyl groups excluding tert-OH is 1. The Morgan fingerprint density at radius 3 is 2.69 bits per heavy atom. The summed E-state index contributed by atoms with van der Waals surface area (Å²) in [6.45, 7) is 3.07. The Bertz CT molecular complexity index is 1360. The van der Waals surface area contributed by atoms with Crippen molar-refractivity contribution in [2.75, 3.05) is 39.7 Å². The summed E-state index contributed by atoms with van der Waals surface area (Å²) in [7, 11) is 0. The highest BCUT2D eigenvalue weighted by Crippen LogP contribution is 2.46. The molecule has 188 valence electrons. The molecule has 1 aliphatic carbocycles. The number of morpholine rings is 1. The number of aromatic hydroxyl groups is 1. The largest absolute Gasteiger partial charge is 0.507 e. The average molecular weight is 491 g/mol. The lowest BCUT2D eigenvalue weighted by Gasteiger charge is -2.36. The van der Waals surface area contributed by atoms with E-state index < -0.39 is 6.79 Å². The van der Waals surface area contributed by atoms with Gasteiger partial charge in [-0.25, -0.2) is 4.98 Å². The predicted octanol–water partition coefficient (Wildman–Crippen LogP) is 4.36. The van der Waals surface area contributed by atoms with Crippen LogP contribution in [0.5, 0.6) is 11.6 Å². The fraction of sp³-hybridized carbons (Fsp3) is 0.393. The molecule has 2 aromatic carbocycles. The highest BCUT2D eigenvalue weighted by atomic mass is 16.6. The van der Waals surface area contributed by atoms with Crippen LogP contribution in [0.25, 0.3) is 21.7 Å². The van der Waals surface area contributed by atoms with Crippen molar-refractivity contribution in [3.63, 3.8) is 0 Å². The number of phenols is 1. The summed E-state index contributed by atoms with van der Waals surface area (Å²) in [4.78, 5) is 6.76. The minimum Gasteiger partial charge on any atom is -0.507 e. The lowest BCUT2D eigenvalue weighted by Crippen LogP contribution is -2.39. The maximum absolute atomic E-state index is 11.8. The molecule has 2 N–H and O–H groups in total. The zero-order valence-corrected chi connectivity index (χ0v) is 20.1. The van der Waals surface area contributed by atoms with Crippen molar-refractivity contribution in [3.8, 4) is 11.6 Å². The number of aromatic nitrogens is 1. The molecule has 4 aromatic rings. The van der Waals surface area contributed by atoms with E-state index in [9.17, 15) is 10.2 Å². The molecule has 1 saturated heterocycles. The van der Waals surface area contributed by atoms with Gasteiger partial charge >= 0.3 is 0 Å². The van der Waals surface area contributed by atoms with Crippen molar-refractivity contribution >= 4 is 21.7 Å². The molecule has 2 fully saturated rings. The molecule has 3 heterocycles. The van der Waals surface area contributed by atoms with Crippen LogP contribution < -0.4 is 4.74 Å². The number of hydrogen-bond donors (Lipinski definition) is 2. The number of hydrogen-bond acceptors (Lipinski definition) is 8. The number of fused-ring (bicyclic) bond motifs is 3. The van der Waals surface area contributed by atoms with Crippen molar-refractivity contribution in [1.29, 1.82) is 0 Å². The van der Waals surface area contributed by atoms with Crippen LogP contribution in [-0.2, 0) is 16.1 Å². The highest BCUT2D eigenvalue weighted by molar-refractivity contribution is 6.10. The number of ether oxygens (including phenoxy) is 3. The molecule has 0 spiro atoms. The molecule has 8 nitrogen and oxygen atoms in total. The summed E-state index contributed by atoms with van der Waals surface area (Å²) >= 11 is 0. The molecule has 8 heteroatoms. The molecule has 1 atom stereocenters. The van der Waals surface area contributed by atoms with Crippen LogP contribution in [0.15, 0.2) is 53.3 Å². The van der Waals surface area contributed by atoms with Gasteiger partial charge in [0.25, 0.3) is 0 Å². The van der Waals surface area contributed by atoms with E-state index in [0.29, 0.717) is 50.3 Å². The summed E-state index contributed by atoms with van der Waals surface area (Å²) in [6.07, 6.45) is 5.84. The molecule has 1 saturated carbocycles. The second-order valence-electron chi connectivity index (χ2n) is 9.48. The Hall–Kier alpha value is -3.17. The minimum atomic E-state index is -0.402. The zero-order chi connectivity index (χ0) is 24.5. The fourth-order valence-corrected chi connectivity index (χ4v) is 5.12. The number of nitrogens with zero attached hydrogens (tertiary/aromatic N) is 2. The SMILES string of the molecule is OCOCc1coc2c1c(C(c1ccnc(OCC3CC3)c1)N1CCOCC1)c(O)c1ccccc12. The molecule has 0 amide bonds. The average Bonchev–Trinajstić information content (AvgIpc) is 3.67. The van der Waals surface area contributed by atoms with Crippen LogP contribution in [0.2, 0.25) is 0 Å². The zero-order valence-electron chi connectivity index (χ0n) is 20.1. The van der Waals surface area contributed by atoms with Gasteiger partial charge in [0.2, 0.25) is 5.88 Å². The maximum Gasteiger partial charge on any atom is 0.213 e. The van der Waals surface area contributed by atoms with E-state index in [1.165, 1.54) is 12.8 Å². The van der Waals surface area contributed by atoms with E-state index in [4.69, 9.17) is 18.6 Å². The predicted molar refractivity (Wildman–Crippen MR) is 134 cm³/mol. The van der Waals surface area contributed by atoms with Crippen LogP contribution in [0, 0.1) is 5.92 Å².